The van der Waals surface area contributed by atoms with Crippen LogP contribution in [0.15, 0.2) is 57.5 Å². The topological polar surface area (TPSA) is 108 Å². The number of carbonyl (C=O) groups excluding carboxylic acids is 1. The van der Waals surface area contributed by atoms with Gasteiger partial charge in [-0.3, -0.25) is 9.59 Å². The number of amides is 1. The van der Waals surface area contributed by atoms with Crippen molar-refractivity contribution in [1.82, 2.24) is 15.0 Å². The monoisotopic (exact) mass is 391 g/mol. The molecule has 0 fully saturated rings. The smallest absolute Gasteiger partial charge is 0.248 e. The second-order valence-electron chi connectivity index (χ2n) is 5.58. The van der Waals surface area contributed by atoms with Crippen LogP contribution in [0.3, 0.4) is 0 Å². The third kappa shape index (κ3) is 4.57. The summed E-state index contributed by atoms with van der Waals surface area (Å²) in [6.45, 7) is 0.439. The third-order valence-corrected chi connectivity index (χ3v) is 6.02. The molecule has 3 N–H and O–H groups in total. The van der Waals surface area contributed by atoms with Crippen molar-refractivity contribution >= 4 is 38.2 Å². The van der Waals surface area contributed by atoms with E-state index in [0.717, 1.165) is 4.88 Å². The van der Waals surface area contributed by atoms with Crippen LogP contribution in [0.2, 0.25) is 0 Å². The maximum absolute atomic E-state index is 12.4. The van der Waals surface area contributed by atoms with Crippen LogP contribution in [0.25, 0.3) is 10.9 Å². The first-order chi connectivity index (χ1) is 12.4. The van der Waals surface area contributed by atoms with E-state index in [2.05, 4.69) is 15.0 Å². The Hall–Kier alpha value is -2.49. The number of aromatic amines is 1. The Labute approximate surface area is 154 Å². The molecule has 0 aliphatic rings. The fourth-order valence-electron chi connectivity index (χ4n) is 2.37. The summed E-state index contributed by atoms with van der Waals surface area (Å²) in [5, 5.41) is 5.28. The number of carbonyl (C=O) groups is 1. The Morgan fingerprint density at radius 1 is 1.15 bits per heavy atom. The zero-order valence-corrected chi connectivity index (χ0v) is 15.3. The molecule has 0 bridgehead atoms. The van der Waals surface area contributed by atoms with Crippen molar-refractivity contribution in [3.8, 4) is 0 Å². The van der Waals surface area contributed by atoms with Gasteiger partial charge < -0.3 is 10.3 Å². The Bertz CT molecular complexity index is 1070. The maximum Gasteiger partial charge on any atom is 0.248 e. The van der Waals surface area contributed by atoms with Crippen molar-refractivity contribution in [2.45, 2.75) is 17.9 Å². The van der Waals surface area contributed by atoms with Crippen molar-refractivity contribution in [2.75, 3.05) is 6.54 Å². The van der Waals surface area contributed by atoms with E-state index in [0.29, 0.717) is 17.4 Å². The van der Waals surface area contributed by atoms with Crippen molar-refractivity contribution in [3.63, 3.8) is 0 Å². The number of fused-ring (bicyclic) bond motifs is 1. The first-order valence-corrected chi connectivity index (χ1v) is 10.2. The molecule has 7 nitrogen and oxygen atoms in total. The van der Waals surface area contributed by atoms with E-state index in [4.69, 9.17) is 0 Å². The lowest BCUT2D eigenvalue weighted by molar-refractivity contribution is -0.121. The Kier molecular flexibility index (Phi) is 5.50. The summed E-state index contributed by atoms with van der Waals surface area (Å²) in [6.07, 6.45) is 0.0471. The number of hydrogen-bond acceptors (Lipinski definition) is 5. The van der Waals surface area contributed by atoms with E-state index in [1.54, 1.807) is 23.5 Å². The molecule has 0 saturated heterocycles. The minimum Gasteiger partial charge on any atom is -0.351 e. The number of H-pyrrole nitrogens is 1. The van der Waals surface area contributed by atoms with Gasteiger partial charge in [0.05, 0.1) is 11.4 Å². The lowest BCUT2D eigenvalue weighted by Gasteiger charge is -2.08. The molecule has 9 heteroatoms. The van der Waals surface area contributed by atoms with Gasteiger partial charge >= 0.3 is 0 Å². The number of sulfonamides is 1. The average Bonchev–Trinajstić information content (AvgIpc) is 3.13. The van der Waals surface area contributed by atoms with Crippen LogP contribution in [0.4, 0.5) is 0 Å². The van der Waals surface area contributed by atoms with Crippen LogP contribution in [0.1, 0.15) is 11.3 Å². The predicted octanol–water partition coefficient (Wildman–Crippen LogP) is 1.57. The zero-order chi connectivity index (χ0) is 18.6. The third-order valence-electron chi connectivity index (χ3n) is 3.69. The van der Waals surface area contributed by atoms with E-state index in [1.165, 1.54) is 18.2 Å². The molecular formula is C17H17N3O4S2. The highest BCUT2D eigenvalue weighted by Crippen LogP contribution is 2.16. The van der Waals surface area contributed by atoms with Gasteiger partial charge in [-0.1, -0.05) is 6.07 Å². The largest absolute Gasteiger partial charge is 0.351 e. The molecule has 0 spiro atoms. The summed E-state index contributed by atoms with van der Waals surface area (Å²) in [7, 11) is -3.74. The maximum atomic E-state index is 12.4. The molecule has 0 radical (unpaired) electrons. The van der Waals surface area contributed by atoms with Gasteiger partial charge in [0.25, 0.3) is 0 Å². The summed E-state index contributed by atoms with van der Waals surface area (Å²) in [6, 6.07) is 11.1. The van der Waals surface area contributed by atoms with Gasteiger partial charge in [0.1, 0.15) is 0 Å². The lowest BCUT2D eigenvalue weighted by atomic mass is 10.2. The summed E-state index contributed by atoms with van der Waals surface area (Å²) < 4.78 is 27.1. The lowest BCUT2D eigenvalue weighted by Crippen LogP contribution is -2.30. The SMILES string of the molecule is O=C(CCNS(=O)(=O)c1ccc2[nH]c(=O)ccc2c1)NCc1cccs1. The fourth-order valence-corrected chi connectivity index (χ4v) is 4.08. The molecule has 3 rings (SSSR count). The number of hydrogen-bond donors (Lipinski definition) is 3. The van der Waals surface area contributed by atoms with Gasteiger partial charge in [0.15, 0.2) is 0 Å². The molecule has 1 amide bonds. The normalized spacial score (nSPS) is 11.5. The molecule has 26 heavy (non-hydrogen) atoms. The Balaban J connectivity index is 1.57. The quantitative estimate of drug-likeness (QED) is 0.568. The number of nitrogens with one attached hydrogen (secondary N) is 3. The second-order valence-corrected chi connectivity index (χ2v) is 8.37. The molecule has 0 unspecified atom stereocenters. The molecule has 0 aliphatic heterocycles. The molecule has 0 atom stereocenters. The average molecular weight is 391 g/mol. The molecule has 2 aromatic heterocycles. The van der Waals surface area contributed by atoms with Crippen molar-refractivity contribution < 1.29 is 13.2 Å². The van der Waals surface area contributed by atoms with Crippen molar-refractivity contribution in [2.24, 2.45) is 0 Å². The van der Waals surface area contributed by atoms with Crippen LogP contribution in [-0.4, -0.2) is 25.9 Å². The van der Waals surface area contributed by atoms with Gasteiger partial charge in [0.2, 0.25) is 21.5 Å². The molecule has 136 valence electrons. The van der Waals surface area contributed by atoms with Crippen LogP contribution in [-0.2, 0) is 21.4 Å². The number of thiophene rings is 1. The fraction of sp³-hybridized carbons (Fsp3) is 0.176. The Morgan fingerprint density at radius 2 is 2.00 bits per heavy atom. The highest BCUT2D eigenvalue weighted by molar-refractivity contribution is 7.89. The van der Waals surface area contributed by atoms with Crippen LogP contribution >= 0.6 is 11.3 Å². The Morgan fingerprint density at radius 3 is 2.77 bits per heavy atom. The van der Waals surface area contributed by atoms with Gasteiger partial charge in [-0.2, -0.15) is 0 Å². The van der Waals surface area contributed by atoms with Gasteiger partial charge in [-0.05, 0) is 41.1 Å². The number of benzene rings is 1. The van der Waals surface area contributed by atoms with E-state index in [9.17, 15) is 18.0 Å². The summed E-state index contributed by atoms with van der Waals surface area (Å²) in [5.74, 6) is -0.225. The molecular weight excluding hydrogens is 374 g/mol. The van der Waals surface area contributed by atoms with E-state index >= 15 is 0 Å². The van der Waals surface area contributed by atoms with E-state index < -0.39 is 10.0 Å². The van der Waals surface area contributed by atoms with Crippen molar-refractivity contribution in [3.05, 3.63) is 63.1 Å². The molecule has 1 aromatic carbocycles. The van der Waals surface area contributed by atoms with Gasteiger partial charge in [0, 0.05) is 29.4 Å². The number of aromatic nitrogens is 1. The molecule has 2 heterocycles. The zero-order valence-electron chi connectivity index (χ0n) is 13.7. The standard InChI is InChI=1S/C17H17N3O4S2/c21-16(18-11-13-2-1-9-25-13)7-8-19-26(23,24)14-4-5-15-12(10-14)3-6-17(22)20-15/h1-6,9-10,19H,7-8,11H2,(H,18,21)(H,20,22). The van der Waals surface area contributed by atoms with Gasteiger partial charge in [-0.25, -0.2) is 13.1 Å². The number of rotatable bonds is 7. The summed E-state index contributed by atoms with van der Waals surface area (Å²) in [5.41, 5.74) is 0.309. The summed E-state index contributed by atoms with van der Waals surface area (Å²) >= 11 is 1.54. The molecule has 0 aliphatic carbocycles. The predicted molar refractivity (Wildman–Crippen MR) is 101 cm³/mol. The van der Waals surface area contributed by atoms with E-state index in [1.807, 2.05) is 17.5 Å². The molecule has 3 aromatic rings. The van der Waals surface area contributed by atoms with Crippen LogP contribution in [0.5, 0.6) is 0 Å². The van der Waals surface area contributed by atoms with E-state index in [-0.39, 0.29) is 29.3 Å². The van der Waals surface area contributed by atoms with Crippen molar-refractivity contribution in [1.29, 1.82) is 0 Å². The summed E-state index contributed by atoms with van der Waals surface area (Å²) in [4.78, 5) is 26.8. The highest BCUT2D eigenvalue weighted by Gasteiger charge is 2.15. The molecule has 0 saturated carbocycles. The van der Waals surface area contributed by atoms with Gasteiger partial charge in [-0.15, -0.1) is 11.3 Å². The highest BCUT2D eigenvalue weighted by atomic mass is 32.2. The first kappa shape index (κ1) is 18.3. The van der Waals surface area contributed by atoms with Crippen LogP contribution in [0, 0.1) is 0 Å². The number of pyridine rings is 1. The second kappa shape index (κ2) is 7.81. The first-order valence-electron chi connectivity index (χ1n) is 7.86. The van der Waals surface area contributed by atoms with Crippen LogP contribution < -0.4 is 15.6 Å². The minimum absolute atomic E-state index is 0.00225. The minimum atomic E-state index is -3.74.